The van der Waals surface area contributed by atoms with E-state index in [9.17, 15) is 0 Å². The summed E-state index contributed by atoms with van der Waals surface area (Å²) in [4.78, 5) is 8.36. The van der Waals surface area contributed by atoms with E-state index in [0.717, 1.165) is 16.7 Å². The monoisotopic (exact) mass is 173 g/mol. The van der Waals surface area contributed by atoms with Gasteiger partial charge in [0.15, 0.2) is 0 Å². The standard InChI is InChI=1S/C10H11N3/c1-7-4-3-5-8-9(7)10(11-2)13-6-12-8/h3-6H,1-2H3,(H,11,12,13). The maximum atomic E-state index is 4.20. The first-order chi connectivity index (χ1) is 6.33. The van der Waals surface area contributed by atoms with Crippen LogP contribution in [0.5, 0.6) is 0 Å². The predicted octanol–water partition coefficient (Wildman–Crippen LogP) is 1.98. The van der Waals surface area contributed by atoms with E-state index < -0.39 is 0 Å². The quantitative estimate of drug-likeness (QED) is 0.716. The molecule has 0 saturated heterocycles. The van der Waals surface area contributed by atoms with E-state index in [-0.39, 0.29) is 0 Å². The first-order valence-corrected chi connectivity index (χ1v) is 4.21. The van der Waals surface area contributed by atoms with Gasteiger partial charge in [0, 0.05) is 12.4 Å². The molecule has 13 heavy (non-hydrogen) atoms. The third-order valence-electron chi connectivity index (χ3n) is 2.11. The molecule has 0 bridgehead atoms. The van der Waals surface area contributed by atoms with Crippen molar-refractivity contribution >= 4 is 16.7 Å². The Morgan fingerprint density at radius 1 is 1.23 bits per heavy atom. The van der Waals surface area contributed by atoms with Crippen molar-refractivity contribution in [2.45, 2.75) is 6.92 Å². The molecule has 0 fully saturated rings. The summed E-state index contributed by atoms with van der Waals surface area (Å²) in [6, 6.07) is 6.06. The first-order valence-electron chi connectivity index (χ1n) is 4.21. The molecule has 1 aromatic carbocycles. The van der Waals surface area contributed by atoms with Crippen LogP contribution in [0.15, 0.2) is 24.5 Å². The van der Waals surface area contributed by atoms with Gasteiger partial charge in [-0.05, 0) is 18.6 Å². The Labute approximate surface area is 76.8 Å². The minimum absolute atomic E-state index is 0.892. The Hall–Kier alpha value is -1.64. The van der Waals surface area contributed by atoms with Gasteiger partial charge in [0.2, 0.25) is 0 Å². The summed E-state index contributed by atoms with van der Waals surface area (Å²) in [6.45, 7) is 2.06. The summed E-state index contributed by atoms with van der Waals surface area (Å²) in [5.74, 6) is 0.892. The van der Waals surface area contributed by atoms with E-state index >= 15 is 0 Å². The second kappa shape index (κ2) is 3.01. The Kier molecular flexibility index (Phi) is 1.85. The summed E-state index contributed by atoms with van der Waals surface area (Å²) in [7, 11) is 1.87. The number of fused-ring (bicyclic) bond motifs is 1. The molecule has 0 aliphatic rings. The molecule has 1 heterocycles. The number of nitrogens with one attached hydrogen (secondary N) is 1. The molecule has 66 valence electrons. The van der Waals surface area contributed by atoms with Crippen molar-refractivity contribution in [2.75, 3.05) is 12.4 Å². The van der Waals surface area contributed by atoms with Gasteiger partial charge < -0.3 is 5.32 Å². The number of hydrogen-bond acceptors (Lipinski definition) is 3. The molecule has 0 radical (unpaired) electrons. The van der Waals surface area contributed by atoms with Gasteiger partial charge in [0.25, 0.3) is 0 Å². The van der Waals surface area contributed by atoms with Gasteiger partial charge in [0.05, 0.1) is 5.52 Å². The molecule has 0 aliphatic heterocycles. The van der Waals surface area contributed by atoms with Crippen molar-refractivity contribution in [3.63, 3.8) is 0 Å². The topological polar surface area (TPSA) is 37.8 Å². The van der Waals surface area contributed by atoms with Crippen molar-refractivity contribution in [3.8, 4) is 0 Å². The van der Waals surface area contributed by atoms with Crippen molar-refractivity contribution < 1.29 is 0 Å². The van der Waals surface area contributed by atoms with Crippen molar-refractivity contribution in [2.24, 2.45) is 0 Å². The van der Waals surface area contributed by atoms with Crippen LogP contribution in [0.4, 0.5) is 5.82 Å². The minimum Gasteiger partial charge on any atom is -0.373 e. The molecule has 0 spiro atoms. The van der Waals surface area contributed by atoms with E-state index in [0.29, 0.717) is 0 Å². The number of aryl methyl sites for hydroxylation is 1. The molecular formula is C10H11N3. The first kappa shape index (κ1) is 7.98. The average Bonchev–Trinajstić information content (AvgIpc) is 2.17. The molecule has 1 N–H and O–H groups in total. The Balaban J connectivity index is 2.87. The number of benzene rings is 1. The Morgan fingerprint density at radius 3 is 2.85 bits per heavy atom. The third kappa shape index (κ3) is 1.22. The van der Waals surface area contributed by atoms with Gasteiger partial charge in [0.1, 0.15) is 12.1 Å². The number of rotatable bonds is 1. The van der Waals surface area contributed by atoms with Crippen LogP contribution >= 0.6 is 0 Å². The lowest BCUT2D eigenvalue weighted by atomic mass is 10.1. The SMILES string of the molecule is CNc1ncnc2cccc(C)c12. The van der Waals surface area contributed by atoms with Crippen LogP contribution in [0, 0.1) is 6.92 Å². The molecule has 0 saturated carbocycles. The molecule has 2 aromatic rings. The zero-order chi connectivity index (χ0) is 9.26. The van der Waals surface area contributed by atoms with Crippen LogP contribution in [-0.2, 0) is 0 Å². The van der Waals surface area contributed by atoms with Crippen LogP contribution in [0.3, 0.4) is 0 Å². The van der Waals surface area contributed by atoms with Crippen LogP contribution in [0.25, 0.3) is 10.9 Å². The lowest BCUT2D eigenvalue weighted by Gasteiger charge is -2.05. The van der Waals surface area contributed by atoms with Crippen LogP contribution < -0.4 is 5.32 Å². The Morgan fingerprint density at radius 2 is 2.08 bits per heavy atom. The molecule has 0 atom stereocenters. The molecule has 0 unspecified atom stereocenters. The molecule has 0 amide bonds. The molecule has 2 rings (SSSR count). The van der Waals surface area contributed by atoms with Crippen molar-refractivity contribution in [3.05, 3.63) is 30.1 Å². The van der Waals surface area contributed by atoms with Crippen molar-refractivity contribution in [1.29, 1.82) is 0 Å². The maximum Gasteiger partial charge on any atom is 0.137 e. The van der Waals surface area contributed by atoms with Crippen LogP contribution in [-0.4, -0.2) is 17.0 Å². The van der Waals surface area contributed by atoms with Gasteiger partial charge in [-0.1, -0.05) is 12.1 Å². The van der Waals surface area contributed by atoms with Crippen LogP contribution in [0.2, 0.25) is 0 Å². The van der Waals surface area contributed by atoms with Gasteiger partial charge >= 0.3 is 0 Å². The van der Waals surface area contributed by atoms with E-state index in [1.54, 1.807) is 6.33 Å². The number of aromatic nitrogens is 2. The summed E-state index contributed by atoms with van der Waals surface area (Å²) in [6.07, 6.45) is 1.58. The zero-order valence-electron chi connectivity index (χ0n) is 7.70. The highest BCUT2D eigenvalue weighted by Gasteiger charge is 2.02. The second-order valence-electron chi connectivity index (χ2n) is 2.94. The average molecular weight is 173 g/mol. The highest BCUT2D eigenvalue weighted by Crippen LogP contribution is 2.21. The highest BCUT2D eigenvalue weighted by molar-refractivity contribution is 5.91. The predicted molar refractivity (Wildman–Crippen MR) is 53.8 cm³/mol. The fourth-order valence-electron chi connectivity index (χ4n) is 1.47. The van der Waals surface area contributed by atoms with E-state index in [4.69, 9.17) is 0 Å². The van der Waals surface area contributed by atoms with Gasteiger partial charge in [-0.3, -0.25) is 0 Å². The summed E-state index contributed by atoms with van der Waals surface area (Å²) in [5, 5.41) is 4.16. The second-order valence-corrected chi connectivity index (χ2v) is 2.94. The normalized spacial score (nSPS) is 10.3. The van der Waals surface area contributed by atoms with Crippen molar-refractivity contribution in [1.82, 2.24) is 9.97 Å². The lowest BCUT2D eigenvalue weighted by molar-refractivity contribution is 1.20. The van der Waals surface area contributed by atoms with Gasteiger partial charge in [-0.15, -0.1) is 0 Å². The number of hydrogen-bond donors (Lipinski definition) is 1. The molecule has 1 aromatic heterocycles. The number of anilines is 1. The highest BCUT2D eigenvalue weighted by atomic mass is 15.0. The summed E-state index contributed by atoms with van der Waals surface area (Å²) < 4.78 is 0. The smallest absolute Gasteiger partial charge is 0.137 e. The molecular weight excluding hydrogens is 162 g/mol. The van der Waals surface area contributed by atoms with Gasteiger partial charge in [-0.2, -0.15) is 0 Å². The largest absolute Gasteiger partial charge is 0.373 e. The fraction of sp³-hybridized carbons (Fsp3) is 0.200. The van der Waals surface area contributed by atoms with E-state index in [1.807, 2.05) is 19.2 Å². The lowest BCUT2D eigenvalue weighted by Crippen LogP contribution is -1.95. The summed E-state index contributed by atoms with van der Waals surface area (Å²) in [5.41, 5.74) is 2.18. The molecule has 0 aliphatic carbocycles. The van der Waals surface area contributed by atoms with E-state index in [2.05, 4.69) is 28.3 Å². The summed E-state index contributed by atoms with van der Waals surface area (Å²) >= 11 is 0. The zero-order valence-corrected chi connectivity index (χ0v) is 7.70. The van der Waals surface area contributed by atoms with E-state index in [1.165, 1.54) is 5.56 Å². The Bertz CT molecular complexity index is 432. The maximum absolute atomic E-state index is 4.20. The third-order valence-corrected chi connectivity index (χ3v) is 2.11. The fourth-order valence-corrected chi connectivity index (χ4v) is 1.47. The molecule has 3 nitrogen and oxygen atoms in total. The minimum atomic E-state index is 0.892. The number of nitrogens with zero attached hydrogens (tertiary/aromatic N) is 2. The van der Waals surface area contributed by atoms with Crippen LogP contribution in [0.1, 0.15) is 5.56 Å². The van der Waals surface area contributed by atoms with Gasteiger partial charge in [-0.25, -0.2) is 9.97 Å². The molecule has 3 heteroatoms.